The number of pyridine rings is 1. The maximum Gasteiger partial charge on any atom is 0.416 e. The van der Waals surface area contributed by atoms with E-state index >= 15 is 0 Å². The van der Waals surface area contributed by atoms with E-state index in [4.69, 9.17) is 14.5 Å². The van der Waals surface area contributed by atoms with Crippen LogP contribution in [-0.4, -0.2) is 33.6 Å². The first-order valence-electron chi connectivity index (χ1n) is 11.3. The van der Waals surface area contributed by atoms with E-state index in [9.17, 15) is 18.0 Å². The second kappa shape index (κ2) is 7.73. The molecule has 1 amide bonds. The number of amides is 1. The second-order valence-electron chi connectivity index (χ2n) is 9.84. The zero-order valence-electron chi connectivity index (χ0n) is 19.2. The summed E-state index contributed by atoms with van der Waals surface area (Å²) in [6, 6.07) is 6.24. The average molecular weight is 473 g/mol. The predicted molar refractivity (Wildman–Crippen MR) is 120 cm³/mol. The van der Waals surface area contributed by atoms with Crippen molar-refractivity contribution >= 4 is 17.2 Å². The molecule has 180 valence electrons. The van der Waals surface area contributed by atoms with E-state index in [0.717, 1.165) is 37.1 Å². The van der Waals surface area contributed by atoms with Gasteiger partial charge in [-0.1, -0.05) is 6.07 Å². The van der Waals surface area contributed by atoms with E-state index in [2.05, 4.69) is 12.2 Å². The van der Waals surface area contributed by atoms with Crippen molar-refractivity contribution in [2.75, 3.05) is 11.9 Å². The highest BCUT2D eigenvalue weighted by molar-refractivity contribution is 6.06. The molecule has 2 atom stereocenters. The van der Waals surface area contributed by atoms with Crippen molar-refractivity contribution in [3.05, 3.63) is 59.5 Å². The largest absolute Gasteiger partial charge is 0.490 e. The molecule has 1 saturated carbocycles. The number of ether oxygens (including phenoxy) is 2. The highest BCUT2D eigenvalue weighted by atomic mass is 19.4. The standard InChI is InChI=1S/C25H26F3N3O3/c1-15(2)34-19-10-21-30-20(24-8-7-23(3,13-24)33-14-24)12-31(21)11-18(19)22(32)29-17-6-4-5-16(9-17)25(26,27)28/h4-6,9-12,15H,7-8,13-14H2,1-3H3,(H,29,32). The Morgan fingerprint density at radius 3 is 2.65 bits per heavy atom. The summed E-state index contributed by atoms with van der Waals surface area (Å²) in [6.45, 7) is 6.42. The number of alkyl halides is 3. The van der Waals surface area contributed by atoms with Crippen LogP contribution < -0.4 is 10.1 Å². The van der Waals surface area contributed by atoms with Crippen LogP contribution in [0.2, 0.25) is 0 Å². The number of rotatable bonds is 5. The normalized spacial score (nSPS) is 24.2. The molecule has 3 aromatic rings. The van der Waals surface area contributed by atoms with Crippen LogP contribution in [0.25, 0.3) is 5.65 Å². The molecule has 34 heavy (non-hydrogen) atoms. The molecule has 2 aromatic heterocycles. The van der Waals surface area contributed by atoms with Gasteiger partial charge in [-0.05, 0) is 58.2 Å². The van der Waals surface area contributed by atoms with Crippen molar-refractivity contribution < 1.29 is 27.4 Å². The number of nitrogens with one attached hydrogen (secondary N) is 1. The van der Waals surface area contributed by atoms with Crippen LogP contribution in [0.4, 0.5) is 18.9 Å². The molecule has 0 radical (unpaired) electrons. The molecular formula is C25H26F3N3O3. The first-order valence-corrected chi connectivity index (χ1v) is 11.3. The van der Waals surface area contributed by atoms with Gasteiger partial charge in [0, 0.05) is 29.6 Å². The van der Waals surface area contributed by atoms with Crippen LogP contribution in [0.3, 0.4) is 0 Å². The summed E-state index contributed by atoms with van der Waals surface area (Å²) in [5.41, 5.74) is 0.724. The van der Waals surface area contributed by atoms with Crippen molar-refractivity contribution in [2.24, 2.45) is 0 Å². The van der Waals surface area contributed by atoms with Gasteiger partial charge in [-0.25, -0.2) is 4.98 Å². The number of aromatic nitrogens is 2. The third-order valence-electron chi connectivity index (χ3n) is 6.69. The van der Waals surface area contributed by atoms with E-state index in [0.29, 0.717) is 18.0 Å². The number of nitrogens with zero attached hydrogens (tertiary/aromatic N) is 2. The third-order valence-corrected chi connectivity index (χ3v) is 6.69. The van der Waals surface area contributed by atoms with E-state index in [1.165, 1.54) is 12.1 Å². The van der Waals surface area contributed by atoms with Gasteiger partial charge in [0.25, 0.3) is 5.91 Å². The Morgan fingerprint density at radius 1 is 1.24 bits per heavy atom. The number of hydrogen-bond donors (Lipinski definition) is 1. The van der Waals surface area contributed by atoms with Gasteiger partial charge in [0.2, 0.25) is 0 Å². The maximum atomic E-state index is 13.1. The summed E-state index contributed by atoms with van der Waals surface area (Å²) in [4.78, 5) is 18.0. The maximum absolute atomic E-state index is 13.1. The zero-order chi connectivity index (χ0) is 24.3. The summed E-state index contributed by atoms with van der Waals surface area (Å²) in [5, 5.41) is 2.57. The predicted octanol–water partition coefficient (Wildman–Crippen LogP) is 5.60. The number of hydrogen-bond acceptors (Lipinski definition) is 4. The lowest BCUT2D eigenvalue weighted by Gasteiger charge is -2.24. The average Bonchev–Trinajstić information content (AvgIpc) is 3.43. The number of carbonyl (C=O) groups is 1. The van der Waals surface area contributed by atoms with E-state index < -0.39 is 17.6 Å². The molecule has 3 heterocycles. The number of halogens is 3. The molecular weight excluding hydrogens is 447 g/mol. The molecule has 2 fully saturated rings. The smallest absolute Gasteiger partial charge is 0.416 e. The topological polar surface area (TPSA) is 64.9 Å². The van der Waals surface area contributed by atoms with Gasteiger partial charge in [-0.3, -0.25) is 4.79 Å². The van der Waals surface area contributed by atoms with Crippen molar-refractivity contribution in [2.45, 2.75) is 63.3 Å². The summed E-state index contributed by atoms with van der Waals surface area (Å²) in [6.07, 6.45) is 1.69. The number of fused-ring (bicyclic) bond motifs is 3. The Hall–Kier alpha value is -3.07. The van der Waals surface area contributed by atoms with Crippen LogP contribution in [0.15, 0.2) is 42.7 Å². The minimum absolute atomic E-state index is 0.0500. The van der Waals surface area contributed by atoms with Gasteiger partial charge in [0.05, 0.1) is 35.1 Å². The minimum Gasteiger partial charge on any atom is -0.490 e. The van der Waals surface area contributed by atoms with Crippen LogP contribution in [0.1, 0.15) is 61.6 Å². The quantitative estimate of drug-likeness (QED) is 0.524. The Balaban J connectivity index is 1.50. The van der Waals surface area contributed by atoms with Gasteiger partial charge < -0.3 is 19.2 Å². The van der Waals surface area contributed by atoms with E-state index in [1.54, 1.807) is 16.7 Å². The number of carbonyl (C=O) groups excluding carboxylic acids is 1. The fourth-order valence-corrected chi connectivity index (χ4v) is 5.01. The molecule has 0 spiro atoms. The van der Waals surface area contributed by atoms with Crippen molar-refractivity contribution in [1.82, 2.24) is 9.38 Å². The molecule has 1 aromatic carbocycles. The lowest BCUT2D eigenvalue weighted by atomic mass is 9.84. The van der Waals surface area contributed by atoms with Crippen molar-refractivity contribution in [3.63, 3.8) is 0 Å². The number of anilines is 1. The van der Waals surface area contributed by atoms with Crippen LogP contribution >= 0.6 is 0 Å². The molecule has 1 saturated heterocycles. The van der Waals surface area contributed by atoms with Crippen LogP contribution in [0.5, 0.6) is 5.75 Å². The fourth-order valence-electron chi connectivity index (χ4n) is 5.01. The zero-order valence-corrected chi connectivity index (χ0v) is 19.2. The summed E-state index contributed by atoms with van der Waals surface area (Å²) < 4.78 is 52.9. The van der Waals surface area contributed by atoms with Crippen molar-refractivity contribution in [1.29, 1.82) is 0 Å². The third kappa shape index (κ3) is 4.02. The SMILES string of the molecule is CC(C)Oc1cc2nc(C34CCC(C)(C3)OC4)cn2cc1C(=O)Nc1cccc(C(F)(F)F)c1. The fraction of sp³-hybridized carbons (Fsp3) is 0.440. The van der Waals surface area contributed by atoms with E-state index in [1.807, 2.05) is 20.0 Å². The second-order valence-corrected chi connectivity index (χ2v) is 9.84. The van der Waals surface area contributed by atoms with Gasteiger partial charge in [-0.2, -0.15) is 13.2 Å². The lowest BCUT2D eigenvalue weighted by Crippen LogP contribution is -2.26. The first kappa shape index (κ1) is 22.7. The van der Waals surface area contributed by atoms with Gasteiger partial charge >= 0.3 is 6.18 Å². The highest BCUT2D eigenvalue weighted by Crippen LogP contribution is 2.53. The highest BCUT2D eigenvalue weighted by Gasteiger charge is 2.55. The lowest BCUT2D eigenvalue weighted by molar-refractivity contribution is -0.137. The molecule has 9 heteroatoms. The first-order chi connectivity index (χ1) is 16.0. The molecule has 2 aliphatic rings. The van der Waals surface area contributed by atoms with Crippen molar-refractivity contribution in [3.8, 4) is 5.75 Å². The molecule has 2 unspecified atom stereocenters. The Labute approximate surface area is 195 Å². The monoisotopic (exact) mass is 473 g/mol. The molecule has 1 N–H and O–H groups in total. The summed E-state index contributed by atoms with van der Waals surface area (Å²) in [5.74, 6) is -0.247. The van der Waals surface area contributed by atoms with Crippen LogP contribution in [0, 0.1) is 0 Å². The molecule has 1 aliphatic heterocycles. The van der Waals surface area contributed by atoms with Gasteiger partial charge in [0.1, 0.15) is 11.4 Å². The Morgan fingerprint density at radius 2 is 2.03 bits per heavy atom. The summed E-state index contributed by atoms with van der Waals surface area (Å²) in [7, 11) is 0. The molecule has 2 bridgehead atoms. The molecule has 6 nitrogen and oxygen atoms in total. The van der Waals surface area contributed by atoms with Crippen LogP contribution in [-0.2, 0) is 16.3 Å². The number of imidazole rings is 1. The molecule has 1 aliphatic carbocycles. The summed E-state index contributed by atoms with van der Waals surface area (Å²) >= 11 is 0. The van der Waals surface area contributed by atoms with Gasteiger partial charge in [0.15, 0.2) is 0 Å². The minimum atomic E-state index is -4.50. The number of benzene rings is 1. The molecule has 5 rings (SSSR count). The van der Waals surface area contributed by atoms with E-state index in [-0.39, 0.29) is 28.4 Å². The Kier molecular flexibility index (Phi) is 5.16. The Bertz CT molecular complexity index is 1260. The van der Waals surface area contributed by atoms with Gasteiger partial charge in [-0.15, -0.1) is 0 Å².